The Morgan fingerprint density at radius 2 is 1.58 bits per heavy atom. The fourth-order valence-electron chi connectivity index (χ4n) is 3.50. The molecular formula is C15H29ClN2O. The minimum Gasteiger partial charge on any atom is -0.341 e. The lowest BCUT2D eigenvalue weighted by Crippen LogP contribution is -2.51. The summed E-state index contributed by atoms with van der Waals surface area (Å²) in [4.78, 5) is 14.2. The van der Waals surface area contributed by atoms with Crippen LogP contribution < -0.4 is 5.73 Å². The van der Waals surface area contributed by atoms with Gasteiger partial charge in [0.05, 0.1) is 6.04 Å². The highest BCUT2D eigenvalue weighted by atomic mass is 35.5. The van der Waals surface area contributed by atoms with Crippen LogP contribution in [0.4, 0.5) is 0 Å². The predicted molar refractivity (Wildman–Crippen MR) is 81.4 cm³/mol. The van der Waals surface area contributed by atoms with E-state index in [-0.39, 0.29) is 30.3 Å². The zero-order valence-electron chi connectivity index (χ0n) is 12.4. The second-order valence-electron chi connectivity index (χ2n) is 6.66. The highest BCUT2D eigenvalue weighted by Gasteiger charge is 2.37. The van der Waals surface area contributed by atoms with E-state index >= 15 is 0 Å². The highest BCUT2D eigenvalue weighted by Crippen LogP contribution is 2.44. The summed E-state index contributed by atoms with van der Waals surface area (Å²) in [6.45, 7) is 5.91. The van der Waals surface area contributed by atoms with E-state index in [1.54, 1.807) is 0 Å². The zero-order valence-corrected chi connectivity index (χ0v) is 13.2. The molecule has 1 unspecified atom stereocenters. The van der Waals surface area contributed by atoms with Crippen molar-refractivity contribution in [2.75, 3.05) is 13.1 Å². The van der Waals surface area contributed by atoms with Crippen molar-refractivity contribution in [3.05, 3.63) is 0 Å². The Bertz CT molecular complexity index is 291. The fraction of sp³-hybridized carbons (Fsp3) is 0.933. The molecule has 19 heavy (non-hydrogen) atoms. The molecule has 0 aromatic rings. The predicted octanol–water partition coefficient (Wildman–Crippen LogP) is 2.96. The maximum atomic E-state index is 12.2. The molecule has 1 heterocycles. The van der Waals surface area contributed by atoms with E-state index in [0.717, 1.165) is 13.1 Å². The number of piperidine rings is 1. The van der Waals surface area contributed by atoms with Crippen molar-refractivity contribution < 1.29 is 4.79 Å². The van der Waals surface area contributed by atoms with Crippen LogP contribution in [0.2, 0.25) is 0 Å². The van der Waals surface area contributed by atoms with Crippen LogP contribution in [-0.2, 0) is 4.79 Å². The van der Waals surface area contributed by atoms with Crippen molar-refractivity contribution in [1.29, 1.82) is 0 Å². The topological polar surface area (TPSA) is 46.3 Å². The molecule has 1 amide bonds. The quantitative estimate of drug-likeness (QED) is 0.849. The average molecular weight is 289 g/mol. The minimum absolute atomic E-state index is 0. The number of carbonyl (C=O) groups excluding carboxylic acids is 1. The van der Waals surface area contributed by atoms with Crippen molar-refractivity contribution in [3.8, 4) is 0 Å². The summed E-state index contributed by atoms with van der Waals surface area (Å²) in [5.74, 6) is 0.402. The van der Waals surface area contributed by atoms with Gasteiger partial charge in [-0.3, -0.25) is 4.79 Å². The summed E-state index contributed by atoms with van der Waals surface area (Å²) in [5.41, 5.74) is 6.54. The Morgan fingerprint density at radius 1 is 1.05 bits per heavy atom. The standard InChI is InChI=1S/C15H28N2O.ClH/c1-12(2)13(16)14(18)17-10-8-15(9-11-17)6-4-3-5-7-15;/h12-13H,3-11,16H2,1-2H3;1H. The van der Waals surface area contributed by atoms with Crippen molar-refractivity contribution in [1.82, 2.24) is 4.90 Å². The van der Waals surface area contributed by atoms with E-state index in [1.165, 1.54) is 44.9 Å². The third-order valence-electron chi connectivity index (χ3n) is 5.05. The van der Waals surface area contributed by atoms with Gasteiger partial charge in [0.1, 0.15) is 0 Å². The number of hydrogen-bond acceptors (Lipinski definition) is 2. The van der Waals surface area contributed by atoms with Crippen LogP contribution in [0, 0.1) is 11.3 Å². The van der Waals surface area contributed by atoms with Crippen molar-refractivity contribution >= 4 is 18.3 Å². The molecule has 0 aromatic carbocycles. The molecule has 2 rings (SSSR count). The van der Waals surface area contributed by atoms with Gasteiger partial charge in [-0.25, -0.2) is 0 Å². The second-order valence-corrected chi connectivity index (χ2v) is 6.66. The molecule has 4 heteroatoms. The Hall–Kier alpha value is -0.280. The molecule has 0 radical (unpaired) electrons. The van der Waals surface area contributed by atoms with Crippen LogP contribution in [0.3, 0.4) is 0 Å². The van der Waals surface area contributed by atoms with Gasteiger partial charge in [0.25, 0.3) is 0 Å². The molecular weight excluding hydrogens is 260 g/mol. The number of nitrogens with zero attached hydrogens (tertiary/aromatic N) is 1. The maximum Gasteiger partial charge on any atom is 0.239 e. The first-order chi connectivity index (χ1) is 8.54. The summed E-state index contributed by atoms with van der Waals surface area (Å²) in [7, 11) is 0. The lowest BCUT2D eigenvalue weighted by atomic mass is 9.68. The summed E-state index contributed by atoms with van der Waals surface area (Å²) in [6, 6.07) is -0.314. The van der Waals surface area contributed by atoms with Gasteiger partial charge in [-0.05, 0) is 37.0 Å². The molecule has 2 aliphatic rings. The Balaban J connectivity index is 0.00000180. The Morgan fingerprint density at radius 3 is 2.05 bits per heavy atom. The van der Waals surface area contributed by atoms with Crippen LogP contribution in [0.1, 0.15) is 58.8 Å². The van der Waals surface area contributed by atoms with Crippen LogP contribution in [-0.4, -0.2) is 29.9 Å². The molecule has 1 atom stereocenters. The van der Waals surface area contributed by atoms with Crippen LogP contribution >= 0.6 is 12.4 Å². The van der Waals surface area contributed by atoms with Gasteiger partial charge in [-0.15, -0.1) is 12.4 Å². The van der Waals surface area contributed by atoms with Crippen molar-refractivity contribution in [2.45, 2.75) is 64.8 Å². The van der Waals surface area contributed by atoms with Gasteiger partial charge in [-0.1, -0.05) is 33.1 Å². The first-order valence-corrected chi connectivity index (χ1v) is 7.58. The number of carbonyl (C=O) groups is 1. The average Bonchev–Trinajstić information content (AvgIpc) is 2.39. The van der Waals surface area contributed by atoms with E-state index in [4.69, 9.17) is 5.73 Å². The summed E-state index contributed by atoms with van der Waals surface area (Å²) >= 11 is 0. The second kappa shape index (κ2) is 6.94. The van der Waals surface area contributed by atoms with E-state index in [0.29, 0.717) is 5.41 Å². The molecule has 0 aromatic heterocycles. The molecule has 1 aliphatic carbocycles. The SMILES string of the molecule is CC(C)C(N)C(=O)N1CCC2(CCCCC2)CC1.Cl. The monoisotopic (exact) mass is 288 g/mol. The zero-order chi connectivity index (χ0) is 13.2. The number of halogens is 1. The van der Waals surface area contributed by atoms with Crippen LogP contribution in [0.5, 0.6) is 0 Å². The third kappa shape index (κ3) is 3.85. The molecule has 2 N–H and O–H groups in total. The number of likely N-dealkylation sites (tertiary alicyclic amines) is 1. The van der Waals surface area contributed by atoms with Gasteiger partial charge in [0.15, 0.2) is 0 Å². The first-order valence-electron chi connectivity index (χ1n) is 7.58. The molecule has 1 spiro atoms. The van der Waals surface area contributed by atoms with E-state index in [2.05, 4.69) is 0 Å². The van der Waals surface area contributed by atoms with Gasteiger partial charge in [-0.2, -0.15) is 0 Å². The molecule has 1 aliphatic heterocycles. The summed E-state index contributed by atoms with van der Waals surface area (Å²) in [6.07, 6.45) is 9.34. The van der Waals surface area contributed by atoms with Crippen molar-refractivity contribution in [2.24, 2.45) is 17.1 Å². The molecule has 3 nitrogen and oxygen atoms in total. The van der Waals surface area contributed by atoms with Crippen LogP contribution in [0.15, 0.2) is 0 Å². The number of nitrogens with two attached hydrogens (primary N) is 1. The van der Waals surface area contributed by atoms with Crippen molar-refractivity contribution in [3.63, 3.8) is 0 Å². The highest BCUT2D eigenvalue weighted by molar-refractivity contribution is 5.85. The molecule has 1 saturated heterocycles. The van der Waals surface area contributed by atoms with Gasteiger partial charge >= 0.3 is 0 Å². The third-order valence-corrected chi connectivity index (χ3v) is 5.05. The Labute approximate surface area is 123 Å². The summed E-state index contributed by atoms with van der Waals surface area (Å²) < 4.78 is 0. The fourth-order valence-corrected chi connectivity index (χ4v) is 3.50. The number of hydrogen-bond donors (Lipinski definition) is 1. The Kier molecular flexibility index (Phi) is 6.13. The number of rotatable bonds is 2. The lowest BCUT2D eigenvalue weighted by Gasteiger charge is -2.45. The van der Waals surface area contributed by atoms with Gasteiger partial charge in [0.2, 0.25) is 5.91 Å². The van der Waals surface area contributed by atoms with E-state index in [9.17, 15) is 4.79 Å². The molecule has 112 valence electrons. The smallest absolute Gasteiger partial charge is 0.239 e. The van der Waals surface area contributed by atoms with E-state index < -0.39 is 0 Å². The van der Waals surface area contributed by atoms with Gasteiger partial charge in [0, 0.05) is 13.1 Å². The molecule has 2 fully saturated rings. The lowest BCUT2D eigenvalue weighted by molar-refractivity contribution is -0.136. The molecule has 0 bridgehead atoms. The minimum atomic E-state index is -0.314. The largest absolute Gasteiger partial charge is 0.341 e. The van der Waals surface area contributed by atoms with Gasteiger partial charge < -0.3 is 10.6 Å². The number of amides is 1. The van der Waals surface area contributed by atoms with Crippen LogP contribution in [0.25, 0.3) is 0 Å². The normalized spacial score (nSPS) is 24.1. The van der Waals surface area contributed by atoms with E-state index in [1.807, 2.05) is 18.7 Å². The maximum absolute atomic E-state index is 12.2. The first kappa shape index (κ1) is 16.8. The molecule has 1 saturated carbocycles. The summed E-state index contributed by atoms with van der Waals surface area (Å²) in [5, 5.41) is 0.